The van der Waals surface area contributed by atoms with Gasteiger partial charge in [0.05, 0.1) is 12.7 Å². The van der Waals surface area contributed by atoms with Gasteiger partial charge in [0.2, 0.25) is 5.91 Å². The summed E-state index contributed by atoms with van der Waals surface area (Å²) in [7, 11) is 1.50. The van der Waals surface area contributed by atoms with Gasteiger partial charge in [0.25, 0.3) is 5.91 Å². The number of ether oxygens (including phenoxy) is 1. The van der Waals surface area contributed by atoms with Crippen LogP contribution in [0.2, 0.25) is 0 Å². The van der Waals surface area contributed by atoms with Gasteiger partial charge in [0.1, 0.15) is 5.75 Å². The van der Waals surface area contributed by atoms with Crippen molar-refractivity contribution in [2.24, 2.45) is 5.92 Å². The zero-order valence-corrected chi connectivity index (χ0v) is 15.6. The molecule has 7 heteroatoms. The number of carbonyl (C=O) groups is 2. The highest BCUT2D eigenvalue weighted by Gasteiger charge is 2.13. The molecule has 0 aliphatic carbocycles. The number of benzene rings is 2. The molecule has 0 aromatic heterocycles. The third kappa shape index (κ3) is 5.29. The topological polar surface area (TPSA) is 79.5 Å². The van der Waals surface area contributed by atoms with E-state index in [-0.39, 0.29) is 22.8 Å². The Bertz CT molecular complexity index is 821. The van der Waals surface area contributed by atoms with Gasteiger partial charge in [-0.05, 0) is 42.5 Å². The van der Waals surface area contributed by atoms with E-state index in [9.17, 15) is 9.59 Å². The summed E-state index contributed by atoms with van der Waals surface area (Å²) >= 11 is 5.19. The van der Waals surface area contributed by atoms with Crippen LogP contribution in [-0.4, -0.2) is 24.0 Å². The number of rotatable bonds is 5. The summed E-state index contributed by atoms with van der Waals surface area (Å²) in [6.07, 6.45) is 0. The lowest BCUT2D eigenvalue weighted by Gasteiger charge is -2.13. The number of hydrogen-bond acceptors (Lipinski definition) is 4. The average molecular weight is 371 g/mol. The van der Waals surface area contributed by atoms with Crippen LogP contribution in [0.15, 0.2) is 48.5 Å². The molecule has 2 aromatic carbocycles. The molecule has 0 heterocycles. The van der Waals surface area contributed by atoms with Gasteiger partial charge in [-0.2, -0.15) is 0 Å². The molecule has 0 atom stereocenters. The number of nitrogens with one attached hydrogen (secondary N) is 3. The molecule has 0 fully saturated rings. The summed E-state index contributed by atoms with van der Waals surface area (Å²) in [5.74, 6) is -0.0996. The van der Waals surface area contributed by atoms with Crippen LogP contribution in [0.3, 0.4) is 0 Å². The standard InChI is InChI=1S/C19H21N3O3S/c1-12(2)17(23)20-13-7-6-8-14(11-13)21-19(26)22-18(24)15-9-4-5-10-16(15)25-3/h4-12H,1-3H3,(H,20,23)(H2,21,22,24,26). The van der Waals surface area contributed by atoms with E-state index < -0.39 is 0 Å². The molecule has 2 aromatic rings. The third-order valence-electron chi connectivity index (χ3n) is 3.49. The van der Waals surface area contributed by atoms with Gasteiger partial charge in [-0.25, -0.2) is 0 Å². The first-order chi connectivity index (χ1) is 12.4. The van der Waals surface area contributed by atoms with Crippen molar-refractivity contribution in [2.75, 3.05) is 17.7 Å². The van der Waals surface area contributed by atoms with Crippen molar-refractivity contribution < 1.29 is 14.3 Å². The first-order valence-corrected chi connectivity index (χ1v) is 8.48. The van der Waals surface area contributed by atoms with Crippen LogP contribution in [0, 0.1) is 5.92 Å². The first kappa shape index (κ1) is 19.4. The molecule has 6 nitrogen and oxygen atoms in total. The Balaban J connectivity index is 2.01. The van der Waals surface area contributed by atoms with Crippen LogP contribution >= 0.6 is 12.2 Å². The lowest BCUT2D eigenvalue weighted by Crippen LogP contribution is -2.34. The van der Waals surface area contributed by atoms with Gasteiger partial charge in [-0.3, -0.25) is 14.9 Å². The molecule has 2 rings (SSSR count). The maximum absolute atomic E-state index is 12.3. The maximum Gasteiger partial charge on any atom is 0.261 e. The van der Waals surface area contributed by atoms with E-state index in [2.05, 4.69) is 16.0 Å². The van der Waals surface area contributed by atoms with Crippen LogP contribution in [0.25, 0.3) is 0 Å². The monoisotopic (exact) mass is 371 g/mol. The molecule has 0 bridgehead atoms. The Morgan fingerprint density at radius 1 is 1.00 bits per heavy atom. The van der Waals surface area contributed by atoms with Crippen molar-refractivity contribution in [2.45, 2.75) is 13.8 Å². The zero-order valence-electron chi connectivity index (χ0n) is 14.8. The SMILES string of the molecule is COc1ccccc1C(=O)NC(=S)Nc1cccc(NC(=O)C(C)C)c1. The van der Waals surface area contributed by atoms with Gasteiger partial charge in [-0.15, -0.1) is 0 Å². The van der Waals surface area contributed by atoms with Crippen molar-refractivity contribution in [3.8, 4) is 5.75 Å². The van der Waals surface area contributed by atoms with Gasteiger partial charge in [-0.1, -0.05) is 32.0 Å². The molecular formula is C19H21N3O3S. The molecule has 136 valence electrons. The lowest BCUT2D eigenvalue weighted by molar-refractivity contribution is -0.118. The number of carbonyl (C=O) groups excluding carboxylic acids is 2. The van der Waals surface area contributed by atoms with E-state index in [0.717, 1.165) is 0 Å². The number of amides is 2. The van der Waals surface area contributed by atoms with Gasteiger partial charge >= 0.3 is 0 Å². The van der Waals surface area contributed by atoms with Crippen LogP contribution in [0.5, 0.6) is 5.75 Å². The van der Waals surface area contributed by atoms with E-state index >= 15 is 0 Å². The Morgan fingerprint density at radius 2 is 1.65 bits per heavy atom. The average Bonchev–Trinajstić information content (AvgIpc) is 2.61. The second kappa shape index (κ2) is 8.96. The first-order valence-electron chi connectivity index (χ1n) is 8.07. The molecular weight excluding hydrogens is 350 g/mol. The minimum Gasteiger partial charge on any atom is -0.496 e. The summed E-state index contributed by atoms with van der Waals surface area (Å²) in [5, 5.41) is 8.50. The molecule has 0 aliphatic rings. The van der Waals surface area contributed by atoms with Crippen LogP contribution in [0.4, 0.5) is 11.4 Å². The predicted molar refractivity (Wildman–Crippen MR) is 107 cm³/mol. The molecule has 2 amide bonds. The van der Waals surface area contributed by atoms with Crippen molar-refractivity contribution in [3.63, 3.8) is 0 Å². The molecule has 0 saturated heterocycles. The van der Waals surface area contributed by atoms with Gasteiger partial charge in [0.15, 0.2) is 5.11 Å². The summed E-state index contributed by atoms with van der Waals surface area (Å²) in [5.41, 5.74) is 1.68. The summed E-state index contributed by atoms with van der Waals surface area (Å²) < 4.78 is 5.17. The fourth-order valence-electron chi connectivity index (χ4n) is 2.13. The molecule has 0 unspecified atom stereocenters. The number of hydrogen-bond donors (Lipinski definition) is 3. The smallest absolute Gasteiger partial charge is 0.261 e. The predicted octanol–water partition coefficient (Wildman–Crippen LogP) is 3.42. The number of thiocarbonyl (C=S) groups is 1. The number of para-hydroxylation sites is 1. The molecule has 26 heavy (non-hydrogen) atoms. The van der Waals surface area contributed by atoms with E-state index in [4.69, 9.17) is 17.0 Å². The van der Waals surface area contributed by atoms with Crippen LogP contribution in [0.1, 0.15) is 24.2 Å². The summed E-state index contributed by atoms with van der Waals surface area (Å²) in [6, 6.07) is 14.0. The van der Waals surface area contributed by atoms with Crippen LogP contribution in [-0.2, 0) is 4.79 Å². The largest absolute Gasteiger partial charge is 0.496 e. The highest BCUT2D eigenvalue weighted by atomic mass is 32.1. The lowest BCUT2D eigenvalue weighted by atomic mass is 10.2. The summed E-state index contributed by atoms with van der Waals surface area (Å²) in [6.45, 7) is 3.64. The number of anilines is 2. The van der Waals surface area contributed by atoms with E-state index in [1.807, 2.05) is 13.8 Å². The summed E-state index contributed by atoms with van der Waals surface area (Å²) in [4.78, 5) is 24.1. The number of methoxy groups -OCH3 is 1. The molecule has 0 aliphatic heterocycles. The van der Waals surface area contributed by atoms with Crippen molar-refractivity contribution >= 4 is 40.5 Å². The fourth-order valence-corrected chi connectivity index (χ4v) is 2.34. The van der Waals surface area contributed by atoms with E-state index in [0.29, 0.717) is 22.7 Å². The van der Waals surface area contributed by atoms with Crippen molar-refractivity contribution in [3.05, 3.63) is 54.1 Å². The Hall–Kier alpha value is -2.93. The molecule has 0 radical (unpaired) electrons. The Morgan fingerprint density at radius 3 is 2.31 bits per heavy atom. The third-order valence-corrected chi connectivity index (χ3v) is 3.70. The molecule has 3 N–H and O–H groups in total. The second-order valence-electron chi connectivity index (χ2n) is 5.83. The minimum atomic E-state index is -0.371. The van der Waals surface area contributed by atoms with Crippen LogP contribution < -0.4 is 20.7 Å². The highest BCUT2D eigenvalue weighted by Crippen LogP contribution is 2.18. The van der Waals surface area contributed by atoms with Gasteiger partial charge < -0.3 is 15.4 Å². The maximum atomic E-state index is 12.3. The minimum absolute atomic E-state index is 0.0748. The second-order valence-corrected chi connectivity index (χ2v) is 6.24. The van der Waals surface area contributed by atoms with E-state index in [1.165, 1.54) is 7.11 Å². The Labute approximate surface area is 157 Å². The fraction of sp³-hybridized carbons (Fsp3) is 0.211. The molecule has 0 spiro atoms. The Kier molecular flexibility index (Phi) is 6.68. The van der Waals surface area contributed by atoms with Crippen molar-refractivity contribution in [1.29, 1.82) is 0 Å². The van der Waals surface area contributed by atoms with Crippen molar-refractivity contribution in [1.82, 2.24) is 5.32 Å². The normalized spacial score (nSPS) is 10.2. The quantitative estimate of drug-likeness (QED) is 0.702. The van der Waals surface area contributed by atoms with Gasteiger partial charge in [0, 0.05) is 17.3 Å². The van der Waals surface area contributed by atoms with E-state index in [1.54, 1.807) is 48.5 Å². The zero-order chi connectivity index (χ0) is 19.1. The highest BCUT2D eigenvalue weighted by molar-refractivity contribution is 7.80. The molecule has 0 saturated carbocycles.